The SMILES string of the molecule is C[C@H](C#N)OC(=O)CN1c2cccc3cccc(c23)S1(=O)=O. The molecule has 0 bridgehead atoms. The lowest BCUT2D eigenvalue weighted by Gasteiger charge is -2.18. The number of nitrogens with zero attached hydrogens (tertiary/aromatic N) is 2. The van der Waals surface area contributed by atoms with Crippen molar-refractivity contribution >= 4 is 32.5 Å². The number of benzene rings is 2. The van der Waals surface area contributed by atoms with E-state index < -0.39 is 28.6 Å². The summed E-state index contributed by atoms with van der Waals surface area (Å²) in [6.45, 7) is 0.966. The van der Waals surface area contributed by atoms with Crippen LogP contribution < -0.4 is 4.31 Å². The molecule has 1 aliphatic heterocycles. The lowest BCUT2D eigenvalue weighted by atomic mass is 10.1. The minimum absolute atomic E-state index is 0.182. The molecule has 7 heteroatoms. The monoisotopic (exact) mass is 316 g/mol. The van der Waals surface area contributed by atoms with Crippen molar-refractivity contribution in [2.45, 2.75) is 17.9 Å². The van der Waals surface area contributed by atoms with Gasteiger partial charge in [-0.25, -0.2) is 8.42 Å². The number of carbonyl (C=O) groups is 1. The van der Waals surface area contributed by atoms with Crippen LogP contribution in [-0.4, -0.2) is 27.0 Å². The molecule has 0 fully saturated rings. The van der Waals surface area contributed by atoms with Crippen LogP contribution in [0, 0.1) is 11.3 Å². The first-order valence-corrected chi connectivity index (χ1v) is 8.03. The molecule has 0 saturated heterocycles. The van der Waals surface area contributed by atoms with E-state index in [1.165, 1.54) is 13.0 Å². The van der Waals surface area contributed by atoms with Crippen molar-refractivity contribution in [3.63, 3.8) is 0 Å². The highest BCUT2D eigenvalue weighted by molar-refractivity contribution is 7.93. The van der Waals surface area contributed by atoms with Gasteiger partial charge in [-0.05, 0) is 24.4 Å². The van der Waals surface area contributed by atoms with E-state index in [0.29, 0.717) is 11.1 Å². The molecule has 0 saturated carbocycles. The minimum atomic E-state index is -3.79. The molecular formula is C15H12N2O4S. The summed E-state index contributed by atoms with van der Waals surface area (Å²) in [6.07, 6.45) is -0.920. The van der Waals surface area contributed by atoms with Crippen molar-refractivity contribution < 1.29 is 17.9 Å². The number of hydrogen-bond acceptors (Lipinski definition) is 5. The number of esters is 1. The van der Waals surface area contributed by atoms with Gasteiger partial charge in [0.15, 0.2) is 6.10 Å². The number of anilines is 1. The topological polar surface area (TPSA) is 87.5 Å². The third kappa shape index (κ3) is 2.09. The molecule has 0 aromatic heterocycles. The van der Waals surface area contributed by atoms with E-state index in [1.807, 2.05) is 12.1 Å². The van der Waals surface area contributed by atoms with Crippen LogP contribution >= 0.6 is 0 Å². The van der Waals surface area contributed by atoms with Crippen molar-refractivity contribution in [1.82, 2.24) is 0 Å². The highest BCUT2D eigenvalue weighted by atomic mass is 32.2. The number of rotatable bonds is 3. The van der Waals surface area contributed by atoms with Crippen LogP contribution in [-0.2, 0) is 19.6 Å². The molecule has 1 aliphatic rings. The van der Waals surface area contributed by atoms with Gasteiger partial charge in [-0.1, -0.05) is 24.3 Å². The first kappa shape index (κ1) is 14.4. The van der Waals surface area contributed by atoms with E-state index in [2.05, 4.69) is 0 Å². The second kappa shape index (κ2) is 5.00. The molecule has 6 nitrogen and oxygen atoms in total. The molecule has 2 aromatic rings. The van der Waals surface area contributed by atoms with Crippen molar-refractivity contribution in [1.29, 1.82) is 5.26 Å². The standard InChI is InChI=1S/C15H12N2O4S/c1-10(8-16)21-14(18)9-17-12-6-2-4-11-5-3-7-13(15(11)12)22(17,19)20/h2-7,10H,9H2,1H3/t10-/m1/s1. The Bertz CT molecular complexity index is 910. The van der Waals surface area contributed by atoms with Crippen molar-refractivity contribution in [2.24, 2.45) is 0 Å². The molecule has 0 amide bonds. The fourth-order valence-electron chi connectivity index (χ4n) is 2.51. The molecule has 112 valence electrons. The quantitative estimate of drug-likeness (QED) is 0.806. The Kier molecular flexibility index (Phi) is 3.26. The summed E-state index contributed by atoms with van der Waals surface area (Å²) in [5.74, 6) is -0.762. The molecule has 22 heavy (non-hydrogen) atoms. The first-order chi connectivity index (χ1) is 10.4. The second-order valence-corrected chi connectivity index (χ2v) is 6.74. The van der Waals surface area contributed by atoms with Gasteiger partial charge >= 0.3 is 5.97 Å². The van der Waals surface area contributed by atoms with E-state index >= 15 is 0 Å². The van der Waals surface area contributed by atoms with Gasteiger partial charge in [0.2, 0.25) is 0 Å². The van der Waals surface area contributed by atoms with Gasteiger partial charge in [0.25, 0.3) is 10.0 Å². The fraction of sp³-hybridized carbons (Fsp3) is 0.200. The van der Waals surface area contributed by atoms with Gasteiger partial charge < -0.3 is 4.74 Å². The van der Waals surface area contributed by atoms with Crippen LogP contribution in [0.15, 0.2) is 41.3 Å². The zero-order valence-corrected chi connectivity index (χ0v) is 12.5. The van der Waals surface area contributed by atoms with Crippen LogP contribution in [0.2, 0.25) is 0 Å². The van der Waals surface area contributed by atoms with Gasteiger partial charge in [0, 0.05) is 5.39 Å². The minimum Gasteiger partial charge on any atom is -0.446 e. The van der Waals surface area contributed by atoms with Crippen molar-refractivity contribution in [2.75, 3.05) is 10.8 Å². The van der Waals surface area contributed by atoms with E-state index in [4.69, 9.17) is 10.00 Å². The normalized spacial score (nSPS) is 16.3. The van der Waals surface area contributed by atoms with Gasteiger partial charge in [0.1, 0.15) is 12.6 Å². The summed E-state index contributed by atoms with van der Waals surface area (Å²) < 4.78 is 31.1. The third-order valence-electron chi connectivity index (χ3n) is 3.44. The van der Waals surface area contributed by atoms with Gasteiger partial charge in [-0.15, -0.1) is 0 Å². The molecule has 0 aliphatic carbocycles. The highest BCUT2D eigenvalue weighted by Crippen LogP contribution is 2.41. The Morgan fingerprint density at radius 3 is 2.68 bits per heavy atom. The number of carbonyl (C=O) groups excluding carboxylic acids is 1. The molecule has 1 heterocycles. The Morgan fingerprint density at radius 1 is 1.32 bits per heavy atom. The van der Waals surface area contributed by atoms with Gasteiger partial charge in [-0.3, -0.25) is 9.10 Å². The third-order valence-corrected chi connectivity index (χ3v) is 5.25. The highest BCUT2D eigenvalue weighted by Gasteiger charge is 2.37. The van der Waals surface area contributed by atoms with E-state index in [1.54, 1.807) is 24.3 Å². The largest absolute Gasteiger partial charge is 0.446 e. The average Bonchev–Trinajstić information content (AvgIpc) is 2.71. The molecule has 0 unspecified atom stereocenters. The maximum atomic E-state index is 12.6. The second-order valence-electron chi connectivity index (χ2n) is 4.90. The summed E-state index contributed by atoms with van der Waals surface area (Å²) in [5.41, 5.74) is 0.453. The van der Waals surface area contributed by atoms with E-state index in [9.17, 15) is 13.2 Å². The zero-order chi connectivity index (χ0) is 15.9. The first-order valence-electron chi connectivity index (χ1n) is 6.59. The summed E-state index contributed by atoms with van der Waals surface area (Å²) >= 11 is 0. The lowest BCUT2D eigenvalue weighted by Crippen LogP contribution is -2.34. The van der Waals surface area contributed by atoms with Crippen molar-refractivity contribution in [3.8, 4) is 6.07 Å². The van der Waals surface area contributed by atoms with Crippen LogP contribution in [0.1, 0.15) is 6.92 Å². The van der Waals surface area contributed by atoms with E-state index in [-0.39, 0.29) is 4.90 Å². The Labute approximate surface area is 127 Å². The smallest absolute Gasteiger partial charge is 0.328 e. The number of ether oxygens (including phenoxy) is 1. The predicted octanol–water partition coefficient (Wildman–Crippen LogP) is 1.80. The maximum Gasteiger partial charge on any atom is 0.328 e. The summed E-state index contributed by atoms with van der Waals surface area (Å²) in [5, 5.41) is 10.0. The predicted molar refractivity (Wildman–Crippen MR) is 79.6 cm³/mol. The molecule has 0 radical (unpaired) electrons. The summed E-state index contributed by atoms with van der Waals surface area (Å²) in [4.78, 5) is 12.0. The fourth-order valence-corrected chi connectivity index (χ4v) is 4.16. The van der Waals surface area contributed by atoms with Crippen molar-refractivity contribution in [3.05, 3.63) is 36.4 Å². The summed E-state index contributed by atoms with van der Waals surface area (Å²) in [7, 11) is -3.79. The van der Waals surface area contributed by atoms with Gasteiger partial charge in [0.05, 0.1) is 10.6 Å². The molecule has 1 atom stereocenters. The lowest BCUT2D eigenvalue weighted by molar-refractivity contribution is -0.143. The molecule has 0 spiro atoms. The van der Waals surface area contributed by atoms with Gasteiger partial charge in [-0.2, -0.15) is 5.26 Å². The molecule has 3 rings (SSSR count). The zero-order valence-electron chi connectivity index (χ0n) is 11.7. The number of sulfonamides is 1. The average molecular weight is 316 g/mol. The van der Waals surface area contributed by atoms with Crippen LogP contribution in [0.4, 0.5) is 5.69 Å². The molecular weight excluding hydrogens is 304 g/mol. The summed E-state index contributed by atoms with van der Waals surface area (Å²) in [6, 6.07) is 12.0. The van der Waals surface area contributed by atoms with Crippen LogP contribution in [0.3, 0.4) is 0 Å². The Hall–Kier alpha value is -2.59. The van der Waals surface area contributed by atoms with Crippen LogP contribution in [0.25, 0.3) is 10.8 Å². The molecule has 2 aromatic carbocycles. The molecule has 0 N–H and O–H groups in total. The maximum absolute atomic E-state index is 12.6. The van der Waals surface area contributed by atoms with Crippen LogP contribution in [0.5, 0.6) is 0 Å². The Morgan fingerprint density at radius 2 is 2.00 bits per heavy atom. The Balaban J connectivity index is 2.03. The number of hydrogen-bond donors (Lipinski definition) is 0. The number of nitriles is 1. The van der Waals surface area contributed by atoms with E-state index in [0.717, 1.165) is 9.69 Å².